The number of rotatable bonds is 7. The van der Waals surface area contributed by atoms with Gasteiger partial charge in [0.15, 0.2) is 11.7 Å². The molecule has 1 fully saturated rings. The smallest absolute Gasteiger partial charge is 0.326 e. The number of aliphatic imine (C=N–C) groups is 1. The van der Waals surface area contributed by atoms with Crippen LogP contribution in [-0.4, -0.2) is 52.5 Å². The van der Waals surface area contributed by atoms with Crippen LogP contribution in [0.15, 0.2) is 53.5 Å². The highest BCUT2D eigenvalue weighted by atomic mass is 16.5. The Morgan fingerprint density at radius 1 is 1.36 bits per heavy atom. The lowest BCUT2D eigenvalue weighted by Crippen LogP contribution is -2.27. The standard InChI is InChI=1S/C24H23N3O6/c1-3-31-24(30)20-21(29)19(12-15-13-26-22-17(15)5-4-8-25-22)33-23(20)27-18-7-6-16(11-14(18)2)32-10-9-28/h4-8,11-13,20,28H,3,9-10H2,1-2H3,(H,25,26)/b19-12-,27-23?. The fourth-order valence-electron chi connectivity index (χ4n) is 3.46. The first-order valence-electron chi connectivity index (χ1n) is 10.5. The predicted molar refractivity (Wildman–Crippen MR) is 121 cm³/mol. The van der Waals surface area contributed by atoms with E-state index in [2.05, 4.69) is 15.0 Å². The first kappa shape index (κ1) is 22.2. The third kappa shape index (κ3) is 4.63. The average molecular weight is 449 g/mol. The topological polar surface area (TPSA) is 123 Å². The maximum atomic E-state index is 13.1. The molecule has 0 bridgehead atoms. The third-order valence-electron chi connectivity index (χ3n) is 5.02. The fraction of sp³-hybridized carbons (Fsp3) is 0.250. The Labute approximate surface area is 189 Å². The molecule has 0 saturated carbocycles. The van der Waals surface area contributed by atoms with E-state index in [9.17, 15) is 9.59 Å². The van der Waals surface area contributed by atoms with Gasteiger partial charge in [0.25, 0.3) is 0 Å². The summed E-state index contributed by atoms with van der Waals surface area (Å²) in [6.07, 6.45) is 4.94. The summed E-state index contributed by atoms with van der Waals surface area (Å²) in [6.45, 7) is 3.69. The quantitative estimate of drug-likeness (QED) is 0.323. The Bertz CT molecular complexity index is 1260. The lowest BCUT2D eigenvalue weighted by molar-refractivity contribution is -0.147. The van der Waals surface area contributed by atoms with Gasteiger partial charge in [0.05, 0.1) is 18.9 Å². The second kappa shape index (κ2) is 9.66. The Balaban J connectivity index is 1.70. The van der Waals surface area contributed by atoms with Crippen LogP contribution in [0, 0.1) is 12.8 Å². The van der Waals surface area contributed by atoms with Crippen molar-refractivity contribution in [3.8, 4) is 5.75 Å². The maximum Gasteiger partial charge on any atom is 0.326 e. The summed E-state index contributed by atoms with van der Waals surface area (Å²) in [5.74, 6) is -2.00. The zero-order valence-corrected chi connectivity index (χ0v) is 18.2. The fourth-order valence-corrected chi connectivity index (χ4v) is 3.46. The summed E-state index contributed by atoms with van der Waals surface area (Å²) in [6, 6.07) is 8.79. The molecule has 2 aromatic heterocycles. The molecule has 33 heavy (non-hydrogen) atoms. The SMILES string of the molecule is CCOC(=O)C1C(=O)/C(=C/c2c[nH]c3ncccc23)OC1=Nc1ccc(OCCO)cc1C. The largest absolute Gasteiger partial charge is 0.491 e. The first-order chi connectivity index (χ1) is 16.0. The minimum Gasteiger partial charge on any atom is -0.491 e. The van der Waals surface area contributed by atoms with E-state index >= 15 is 0 Å². The molecule has 2 N–H and O–H groups in total. The lowest BCUT2D eigenvalue weighted by atomic mass is 10.0. The van der Waals surface area contributed by atoms with Gasteiger partial charge in [-0.1, -0.05) is 0 Å². The first-order valence-corrected chi connectivity index (χ1v) is 10.5. The Morgan fingerprint density at radius 3 is 2.97 bits per heavy atom. The van der Waals surface area contributed by atoms with Gasteiger partial charge < -0.3 is 24.3 Å². The van der Waals surface area contributed by atoms with Crippen molar-refractivity contribution in [2.45, 2.75) is 13.8 Å². The number of carbonyl (C=O) groups excluding carboxylic acids is 2. The van der Waals surface area contributed by atoms with Crippen molar-refractivity contribution < 1.29 is 28.9 Å². The monoisotopic (exact) mass is 449 g/mol. The number of aromatic nitrogens is 2. The molecule has 9 heteroatoms. The number of nitrogens with one attached hydrogen (secondary N) is 1. The van der Waals surface area contributed by atoms with Crippen LogP contribution in [0.25, 0.3) is 17.1 Å². The molecule has 0 spiro atoms. The van der Waals surface area contributed by atoms with E-state index in [1.165, 1.54) is 0 Å². The maximum absolute atomic E-state index is 13.1. The second-order valence-electron chi connectivity index (χ2n) is 7.27. The number of pyridine rings is 1. The van der Waals surface area contributed by atoms with Crippen molar-refractivity contribution in [1.82, 2.24) is 9.97 Å². The van der Waals surface area contributed by atoms with Crippen LogP contribution in [0.3, 0.4) is 0 Å². The summed E-state index contributed by atoms with van der Waals surface area (Å²) in [4.78, 5) is 37.4. The lowest BCUT2D eigenvalue weighted by Gasteiger charge is -2.09. The second-order valence-corrected chi connectivity index (χ2v) is 7.27. The predicted octanol–water partition coefficient (Wildman–Crippen LogP) is 3.09. The van der Waals surface area contributed by atoms with E-state index < -0.39 is 17.7 Å². The summed E-state index contributed by atoms with van der Waals surface area (Å²) >= 11 is 0. The molecule has 3 heterocycles. The minimum atomic E-state index is -1.29. The highest BCUT2D eigenvalue weighted by molar-refractivity contribution is 6.27. The van der Waals surface area contributed by atoms with Crippen molar-refractivity contribution in [3.63, 3.8) is 0 Å². The van der Waals surface area contributed by atoms with Gasteiger partial charge in [-0.3, -0.25) is 9.59 Å². The van der Waals surface area contributed by atoms with E-state index in [1.54, 1.807) is 49.7 Å². The van der Waals surface area contributed by atoms with Crippen LogP contribution in [-0.2, 0) is 19.1 Å². The molecule has 9 nitrogen and oxygen atoms in total. The number of aryl methyl sites for hydroxylation is 1. The number of benzene rings is 1. The van der Waals surface area contributed by atoms with E-state index in [1.807, 2.05) is 13.0 Å². The highest BCUT2D eigenvalue weighted by Gasteiger charge is 2.44. The van der Waals surface area contributed by atoms with Gasteiger partial charge in [-0.05, 0) is 55.8 Å². The number of aliphatic hydroxyl groups excluding tert-OH is 1. The van der Waals surface area contributed by atoms with E-state index in [0.29, 0.717) is 22.6 Å². The van der Waals surface area contributed by atoms with Crippen molar-refractivity contribution in [2.24, 2.45) is 10.9 Å². The molecule has 170 valence electrons. The van der Waals surface area contributed by atoms with Gasteiger partial charge in [-0.25, -0.2) is 9.98 Å². The zero-order chi connectivity index (χ0) is 23.4. The van der Waals surface area contributed by atoms with Crippen LogP contribution < -0.4 is 4.74 Å². The Kier molecular flexibility index (Phi) is 6.50. The Hall–Kier alpha value is -3.98. The minimum absolute atomic E-state index is 0.00268. The number of esters is 1. The van der Waals surface area contributed by atoms with Crippen molar-refractivity contribution in [2.75, 3.05) is 19.8 Å². The molecular weight excluding hydrogens is 426 g/mol. The number of allylic oxidation sites excluding steroid dienone is 1. The molecule has 1 aromatic carbocycles. The zero-order valence-electron chi connectivity index (χ0n) is 18.2. The summed E-state index contributed by atoms with van der Waals surface area (Å²) in [7, 11) is 0. The molecule has 0 amide bonds. The number of ketones is 1. The van der Waals surface area contributed by atoms with Crippen LogP contribution in [0.1, 0.15) is 18.1 Å². The van der Waals surface area contributed by atoms with Crippen LogP contribution in [0.5, 0.6) is 5.75 Å². The number of aliphatic hydroxyl groups is 1. The summed E-state index contributed by atoms with van der Waals surface area (Å²) < 4.78 is 16.3. The molecule has 1 atom stereocenters. The number of Topliss-reactive ketones (excluding diaryl/α,β-unsaturated/α-hetero) is 1. The Morgan fingerprint density at radius 2 is 2.21 bits per heavy atom. The summed E-state index contributed by atoms with van der Waals surface area (Å²) in [5, 5.41) is 9.73. The number of aromatic amines is 1. The number of H-pyrrole nitrogens is 1. The van der Waals surface area contributed by atoms with E-state index in [-0.39, 0.29) is 31.5 Å². The van der Waals surface area contributed by atoms with Crippen molar-refractivity contribution in [1.29, 1.82) is 0 Å². The van der Waals surface area contributed by atoms with Gasteiger partial charge >= 0.3 is 5.97 Å². The molecule has 4 rings (SSSR count). The van der Waals surface area contributed by atoms with Crippen LogP contribution >= 0.6 is 0 Å². The average Bonchev–Trinajstić information content (AvgIpc) is 3.35. The normalized spacial score (nSPS) is 18.2. The van der Waals surface area contributed by atoms with Gasteiger partial charge in [0.1, 0.15) is 18.0 Å². The van der Waals surface area contributed by atoms with Gasteiger partial charge in [0, 0.05) is 23.3 Å². The molecular formula is C24H23N3O6. The number of hydrogen-bond donors (Lipinski definition) is 2. The van der Waals surface area contributed by atoms with Gasteiger partial charge in [-0.15, -0.1) is 0 Å². The number of carbonyl (C=O) groups is 2. The number of fused-ring (bicyclic) bond motifs is 1. The molecule has 1 unspecified atom stereocenters. The van der Waals surface area contributed by atoms with Crippen LogP contribution in [0.4, 0.5) is 5.69 Å². The molecule has 0 aliphatic carbocycles. The van der Waals surface area contributed by atoms with Crippen molar-refractivity contribution in [3.05, 3.63) is 59.6 Å². The van der Waals surface area contributed by atoms with Crippen molar-refractivity contribution >= 4 is 40.4 Å². The molecule has 3 aromatic rings. The molecule has 0 radical (unpaired) electrons. The van der Waals surface area contributed by atoms with E-state index in [0.717, 1.165) is 10.9 Å². The summed E-state index contributed by atoms with van der Waals surface area (Å²) in [5.41, 5.74) is 2.63. The van der Waals surface area contributed by atoms with Gasteiger partial charge in [0.2, 0.25) is 11.7 Å². The molecule has 1 aliphatic rings. The number of nitrogens with zero attached hydrogens (tertiary/aromatic N) is 2. The van der Waals surface area contributed by atoms with E-state index in [4.69, 9.17) is 19.3 Å². The van der Waals surface area contributed by atoms with Gasteiger partial charge in [-0.2, -0.15) is 0 Å². The van der Waals surface area contributed by atoms with Crippen LogP contribution in [0.2, 0.25) is 0 Å². The number of ether oxygens (including phenoxy) is 3. The molecule has 1 saturated heterocycles. The third-order valence-corrected chi connectivity index (χ3v) is 5.02. The highest BCUT2D eigenvalue weighted by Crippen LogP contribution is 2.31. The molecule has 1 aliphatic heterocycles. The number of hydrogen-bond acceptors (Lipinski definition) is 8.